The highest BCUT2D eigenvalue weighted by Gasteiger charge is 2.05. The summed E-state index contributed by atoms with van der Waals surface area (Å²) in [5.74, 6) is -0.137. The molecule has 0 radical (unpaired) electrons. The standard InChI is InChI=1S/C10H10O2.2C2H6/c1-7(11)9-5-3-4-6-10(9)8(2)12;2*1-2/h3-6,11-12H,1-2H2;2*1-2H3. The van der Waals surface area contributed by atoms with Gasteiger partial charge in [0.25, 0.3) is 0 Å². The summed E-state index contributed by atoms with van der Waals surface area (Å²) in [7, 11) is 0. The molecule has 0 fully saturated rings. The maximum atomic E-state index is 9.11. The minimum atomic E-state index is -0.0687. The van der Waals surface area contributed by atoms with Crippen LogP contribution in [0.2, 0.25) is 0 Å². The molecule has 0 atom stereocenters. The number of hydrogen-bond acceptors (Lipinski definition) is 2. The SMILES string of the molecule is C=C(O)c1ccccc1C(=C)O.CC.CC. The highest BCUT2D eigenvalue weighted by atomic mass is 16.3. The van der Waals surface area contributed by atoms with Crippen molar-refractivity contribution >= 4 is 11.5 Å². The van der Waals surface area contributed by atoms with Crippen molar-refractivity contribution in [2.75, 3.05) is 0 Å². The molecule has 2 heteroatoms. The Bertz CT molecular complexity index is 294. The zero-order valence-corrected chi connectivity index (χ0v) is 10.6. The Labute approximate surface area is 98.6 Å². The zero-order valence-electron chi connectivity index (χ0n) is 10.6. The van der Waals surface area contributed by atoms with Crippen LogP contribution in [0.15, 0.2) is 37.4 Å². The third-order valence-corrected chi connectivity index (χ3v) is 1.55. The molecule has 2 nitrogen and oxygen atoms in total. The molecule has 0 unspecified atom stereocenters. The van der Waals surface area contributed by atoms with Crippen LogP contribution in [0.3, 0.4) is 0 Å². The van der Waals surface area contributed by atoms with Gasteiger partial charge in [0.05, 0.1) is 0 Å². The largest absolute Gasteiger partial charge is 0.508 e. The molecule has 0 aliphatic carbocycles. The Kier molecular flexibility index (Phi) is 10.3. The van der Waals surface area contributed by atoms with E-state index >= 15 is 0 Å². The van der Waals surface area contributed by atoms with Crippen LogP contribution in [-0.4, -0.2) is 10.2 Å². The maximum Gasteiger partial charge on any atom is 0.116 e. The summed E-state index contributed by atoms with van der Waals surface area (Å²) in [6, 6.07) is 6.84. The summed E-state index contributed by atoms with van der Waals surface area (Å²) in [6.45, 7) is 14.7. The number of rotatable bonds is 2. The van der Waals surface area contributed by atoms with Gasteiger partial charge in [-0.25, -0.2) is 0 Å². The van der Waals surface area contributed by atoms with Crippen molar-refractivity contribution < 1.29 is 10.2 Å². The first-order valence-corrected chi connectivity index (χ1v) is 5.48. The summed E-state index contributed by atoms with van der Waals surface area (Å²) in [6.07, 6.45) is 0. The molecule has 0 amide bonds. The molecule has 1 rings (SSSR count). The highest BCUT2D eigenvalue weighted by Crippen LogP contribution is 2.19. The van der Waals surface area contributed by atoms with Gasteiger partial charge in [-0.05, 0) is 0 Å². The second-order valence-electron chi connectivity index (χ2n) is 2.44. The lowest BCUT2D eigenvalue weighted by Gasteiger charge is -2.05. The van der Waals surface area contributed by atoms with Gasteiger partial charge in [-0.3, -0.25) is 0 Å². The second kappa shape index (κ2) is 9.84. The number of hydrogen-bond donors (Lipinski definition) is 2. The van der Waals surface area contributed by atoms with Crippen LogP contribution in [0, 0.1) is 0 Å². The van der Waals surface area contributed by atoms with Crippen LogP contribution < -0.4 is 0 Å². The third-order valence-electron chi connectivity index (χ3n) is 1.55. The summed E-state index contributed by atoms with van der Waals surface area (Å²) >= 11 is 0. The Morgan fingerprint density at radius 3 is 1.25 bits per heavy atom. The first-order valence-electron chi connectivity index (χ1n) is 5.48. The van der Waals surface area contributed by atoms with Crippen LogP contribution >= 0.6 is 0 Å². The van der Waals surface area contributed by atoms with E-state index in [4.69, 9.17) is 10.2 Å². The molecule has 0 saturated carbocycles. The average Bonchev–Trinajstić information content (AvgIpc) is 2.34. The van der Waals surface area contributed by atoms with Crippen LogP contribution in [0.25, 0.3) is 11.5 Å². The van der Waals surface area contributed by atoms with E-state index in [1.165, 1.54) is 0 Å². The molecule has 90 valence electrons. The molecule has 1 aromatic rings. The van der Waals surface area contributed by atoms with Gasteiger partial charge in [-0.15, -0.1) is 0 Å². The number of aliphatic hydroxyl groups is 2. The van der Waals surface area contributed by atoms with E-state index in [1.54, 1.807) is 24.3 Å². The van der Waals surface area contributed by atoms with E-state index in [1.807, 2.05) is 27.7 Å². The van der Waals surface area contributed by atoms with Crippen molar-refractivity contribution in [3.63, 3.8) is 0 Å². The summed E-state index contributed by atoms with van der Waals surface area (Å²) in [4.78, 5) is 0. The lowest BCUT2D eigenvalue weighted by Crippen LogP contribution is -1.89. The van der Waals surface area contributed by atoms with Crippen molar-refractivity contribution in [1.29, 1.82) is 0 Å². The van der Waals surface area contributed by atoms with Gasteiger partial charge >= 0.3 is 0 Å². The fourth-order valence-electron chi connectivity index (χ4n) is 0.986. The van der Waals surface area contributed by atoms with Crippen LogP contribution in [0.1, 0.15) is 38.8 Å². The fraction of sp³-hybridized carbons (Fsp3) is 0.286. The van der Waals surface area contributed by atoms with E-state index in [-0.39, 0.29) is 11.5 Å². The molecule has 0 bridgehead atoms. The van der Waals surface area contributed by atoms with Crippen molar-refractivity contribution in [2.24, 2.45) is 0 Å². The summed E-state index contributed by atoms with van der Waals surface area (Å²) in [5, 5.41) is 18.2. The van der Waals surface area contributed by atoms with Gasteiger partial charge in [-0.2, -0.15) is 0 Å². The summed E-state index contributed by atoms with van der Waals surface area (Å²) < 4.78 is 0. The average molecular weight is 222 g/mol. The molecule has 16 heavy (non-hydrogen) atoms. The van der Waals surface area contributed by atoms with Crippen molar-refractivity contribution in [2.45, 2.75) is 27.7 Å². The predicted octanol–water partition coefficient (Wildman–Crippen LogP) is 4.80. The molecule has 0 spiro atoms. The van der Waals surface area contributed by atoms with Crippen LogP contribution in [-0.2, 0) is 0 Å². The zero-order chi connectivity index (χ0) is 13.1. The molecule has 0 aromatic heterocycles. The Hall–Kier alpha value is -1.70. The van der Waals surface area contributed by atoms with E-state index in [0.717, 1.165) is 0 Å². The molecule has 0 heterocycles. The van der Waals surface area contributed by atoms with Gasteiger partial charge in [-0.1, -0.05) is 65.1 Å². The normalized spacial score (nSPS) is 7.75. The first-order chi connectivity index (χ1) is 7.63. The topological polar surface area (TPSA) is 40.5 Å². The predicted molar refractivity (Wildman–Crippen MR) is 72.5 cm³/mol. The van der Waals surface area contributed by atoms with Gasteiger partial charge < -0.3 is 10.2 Å². The Morgan fingerprint density at radius 2 is 1.06 bits per heavy atom. The van der Waals surface area contributed by atoms with Crippen molar-refractivity contribution in [3.05, 3.63) is 48.6 Å². The molecular weight excluding hydrogens is 200 g/mol. The Morgan fingerprint density at radius 1 is 0.812 bits per heavy atom. The quantitative estimate of drug-likeness (QED) is 0.706. The first kappa shape index (κ1) is 16.7. The van der Waals surface area contributed by atoms with E-state index in [9.17, 15) is 0 Å². The molecule has 0 aliphatic heterocycles. The minimum absolute atomic E-state index is 0.0687. The third kappa shape index (κ3) is 5.25. The van der Waals surface area contributed by atoms with E-state index in [2.05, 4.69) is 13.2 Å². The molecule has 0 saturated heterocycles. The van der Waals surface area contributed by atoms with Gasteiger partial charge in [0.15, 0.2) is 0 Å². The molecule has 0 aliphatic rings. The fourth-order valence-corrected chi connectivity index (χ4v) is 0.986. The highest BCUT2D eigenvalue weighted by molar-refractivity contribution is 5.71. The van der Waals surface area contributed by atoms with Crippen LogP contribution in [0.5, 0.6) is 0 Å². The Balaban J connectivity index is 0. The lowest BCUT2D eigenvalue weighted by atomic mass is 10.1. The van der Waals surface area contributed by atoms with Gasteiger partial charge in [0.2, 0.25) is 0 Å². The van der Waals surface area contributed by atoms with Crippen LogP contribution in [0.4, 0.5) is 0 Å². The lowest BCUT2D eigenvalue weighted by molar-refractivity contribution is 0.503. The monoisotopic (exact) mass is 222 g/mol. The number of aliphatic hydroxyl groups excluding tert-OH is 2. The molecule has 2 N–H and O–H groups in total. The number of benzene rings is 1. The summed E-state index contributed by atoms with van der Waals surface area (Å²) in [5.41, 5.74) is 1.01. The van der Waals surface area contributed by atoms with E-state index in [0.29, 0.717) is 11.1 Å². The smallest absolute Gasteiger partial charge is 0.116 e. The van der Waals surface area contributed by atoms with Gasteiger partial charge in [0.1, 0.15) is 11.5 Å². The molecular formula is C14H22O2. The van der Waals surface area contributed by atoms with E-state index < -0.39 is 0 Å². The van der Waals surface area contributed by atoms with Crippen molar-refractivity contribution in [1.82, 2.24) is 0 Å². The molecule has 1 aromatic carbocycles. The second-order valence-corrected chi connectivity index (χ2v) is 2.44. The maximum absolute atomic E-state index is 9.11. The van der Waals surface area contributed by atoms with Gasteiger partial charge in [0, 0.05) is 11.1 Å². The minimum Gasteiger partial charge on any atom is -0.508 e. The van der Waals surface area contributed by atoms with Crippen molar-refractivity contribution in [3.8, 4) is 0 Å².